The molecule has 0 aliphatic rings. The minimum absolute atomic E-state index is 0.126. The Kier molecular flexibility index (Phi) is 4.34. The average molecular weight is 273 g/mol. The second-order valence-corrected chi connectivity index (χ2v) is 5.68. The first-order valence-corrected chi connectivity index (χ1v) is 5.99. The SMILES string of the molecule is CC(C)(C)C(=O)CC(=O)c1c(Cl)cccc1Cl. The average Bonchev–Trinajstić information content (AvgIpc) is 2.15. The lowest BCUT2D eigenvalue weighted by Crippen LogP contribution is -2.23. The van der Waals surface area contributed by atoms with Crippen molar-refractivity contribution in [1.82, 2.24) is 0 Å². The Bertz CT molecular complexity index is 439. The third-order valence-corrected chi connectivity index (χ3v) is 3.03. The minimum Gasteiger partial charge on any atom is -0.299 e. The molecule has 0 N–H and O–H groups in total. The van der Waals surface area contributed by atoms with Gasteiger partial charge in [-0.05, 0) is 12.1 Å². The molecule has 0 aliphatic heterocycles. The molecule has 0 fully saturated rings. The van der Waals surface area contributed by atoms with Crippen LogP contribution in [0.3, 0.4) is 0 Å². The van der Waals surface area contributed by atoms with Crippen LogP contribution in [-0.4, -0.2) is 11.6 Å². The monoisotopic (exact) mass is 272 g/mol. The first-order valence-electron chi connectivity index (χ1n) is 5.24. The Morgan fingerprint density at radius 1 is 1.12 bits per heavy atom. The Morgan fingerprint density at radius 3 is 2.00 bits per heavy atom. The Morgan fingerprint density at radius 2 is 1.59 bits per heavy atom. The Balaban J connectivity index is 2.96. The van der Waals surface area contributed by atoms with Gasteiger partial charge in [-0.2, -0.15) is 0 Å². The summed E-state index contributed by atoms with van der Waals surface area (Å²) in [6.07, 6.45) is -0.174. The molecular formula is C13H14Cl2O2. The van der Waals surface area contributed by atoms with Gasteiger partial charge in [0.1, 0.15) is 5.78 Å². The number of carbonyl (C=O) groups is 2. The van der Waals surface area contributed by atoms with Crippen molar-refractivity contribution in [2.45, 2.75) is 27.2 Å². The summed E-state index contributed by atoms with van der Waals surface area (Å²) in [6, 6.07) is 4.83. The fourth-order valence-corrected chi connectivity index (χ4v) is 1.87. The van der Waals surface area contributed by atoms with Crippen molar-refractivity contribution in [1.29, 1.82) is 0 Å². The fraction of sp³-hybridized carbons (Fsp3) is 0.385. The standard InChI is InChI=1S/C13H14Cl2O2/c1-13(2,3)11(17)7-10(16)12-8(14)5-4-6-9(12)15/h4-6H,7H2,1-3H3. The summed E-state index contributed by atoms with van der Waals surface area (Å²) in [5.74, 6) is -0.459. The Hall–Kier alpha value is -0.860. The minimum atomic E-state index is -0.538. The molecule has 0 aliphatic carbocycles. The van der Waals surface area contributed by atoms with E-state index in [9.17, 15) is 9.59 Å². The van der Waals surface area contributed by atoms with Gasteiger partial charge in [0.05, 0.1) is 22.0 Å². The predicted octanol–water partition coefficient (Wildman–Crippen LogP) is 4.18. The number of rotatable bonds is 3. The third-order valence-electron chi connectivity index (χ3n) is 2.40. The number of halogens is 2. The van der Waals surface area contributed by atoms with Gasteiger partial charge < -0.3 is 0 Å². The lowest BCUT2D eigenvalue weighted by molar-refractivity contribution is -0.125. The summed E-state index contributed by atoms with van der Waals surface area (Å²) >= 11 is 11.8. The molecule has 0 saturated carbocycles. The molecule has 0 atom stereocenters. The van der Waals surface area contributed by atoms with Crippen LogP contribution in [0.25, 0.3) is 0 Å². The molecule has 0 amide bonds. The van der Waals surface area contributed by atoms with E-state index in [4.69, 9.17) is 23.2 Å². The lowest BCUT2D eigenvalue weighted by atomic mass is 9.87. The molecule has 92 valence electrons. The van der Waals surface area contributed by atoms with Crippen LogP contribution in [0.2, 0.25) is 10.0 Å². The highest BCUT2D eigenvalue weighted by Crippen LogP contribution is 2.27. The number of hydrogen-bond donors (Lipinski definition) is 0. The van der Waals surface area contributed by atoms with E-state index in [-0.39, 0.29) is 33.6 Å². The molecule has 1 aromatic rings. The lowest BCUT2D eigenvalue weighted by Gasteiger charge is -2.16. The topological polar surface area (TPSA) is 34.1 Å². The second kappa shape index (κ2) is 5.19. The zero-order chi connectivity index (χ0) is 13.2. The number of benzene rings is 1. The number of Topliss-reactive ketones (excluding diaryl/α,β-unsaturated/α-hetero) is 2. The van der Waals surface area contributed by atoms with Gasteiger partial charge in [-0.3, -0.25) is 9.59 Å². The predicted molar refractivity (Wildman–Crippen MR) is 69.9 cm³/mol. The van der Waals surface area contributed by atoms with E-state index in [0.29, 0.717) is 0 Å². The fourth-order valence-electron chi connectivity index (χ4n) is 1.26. The van der Waals surface area contributed by atoms with Crippen molar-refractivity contribution in [3.8, 4) is 0 Å². The number of carbonyl (C=O) groups excluding carboxylic acids is 2. The van der Waals surface area contributed by atoms with Crippen molar-refractivity contribution in [2.24, 2.45) is 5.41 Å². The van der Waals surface area contributed by atoms with Crippen LogP contribution in [0.15, 0.2) is 18.2 Å². The molecule has 1 rings (SSSR count). The molecule has 17 heavy (non-hydrogen) atoms. The Labute approximate surface area is 111 Å². The zero-order valence-electron chi connectivity index (χ0n) is 10.0. The molecule has 4 heteroatoms. The van der Waals surface area contributed by atoms with E-state index in [1.165, 1.54) is 0 Å². The highest BCUT2D eigenvalue weighted by atomic mass is 35.5. The van der Waals surface area contributed by atoms with Crippen LogP contribution in [0.1, 0.15) is 37.6 Å². The maximum Gasteiger partial charge on any atom is 0.173 e. The number of hydrogen-bond acceptors (Lipinski definition) is 2. The van der Waals surface area contributed by atoms with Gasteiger partial charge in [0, 0.05) is 5.41 Å². The second-order valence-electron chi connectivity index (χ2n) is 4.87. The van der Waals surface area contributed by atoms with Gasteiger partial charge in [0.15, 0.2) is 5.78 Å². The van der Waals surface area contributed by atoms with Gasteiger partial charge >= 0.3 is 0 Å². The molecule has 2 nitrogen and oxygen atoms in total. The largest absolute Gasteiger partial charge is 0.299 e. The van der Waals surface area contributed by atoms with E-state index >= 15 is 0 Å². The van der Waals surface area contributed by atoms with Crippen LogP contribution >= 0.6 is 23.2 Å². The normalized spacial score (nSPS) is 11.4. The van der Waals surface area contributed by atoms with Gasteiger partial charge in [-0.25, -0.2) is 0 Å². The van der Waals surface area contributed by atoms with Crippen molar-refractivity contribution >= 4 is 34.8 Å². The number of ketones is 2. The summed E-state index contributed by atoms with van der Waals surface area (Å²) in [4.78, 5) is 23.7. The van der Waals surface area contributed by atoms with E-state index in [1.807, 2.05) is 0 Å². The van der Waals surface area contributed by atoms with Gasteiger partial charge in [0.2, 0.25) is 0 Å². The van der Waals surface area contributed by atoms with Gasteiger partial charge in [-0.1, -0.05) is 50.0 Å². The van der Waals surface area contributed by atoms with E-state index in [2.05, 4.69) is 0 Å². The molecule has 0 spiro atoms. The van der Waals surface area contributed by atoms with Crippen LogP contribution in [0.5, 0.6) is 0 Å². The highest BCUT2D eigenvalue weighted by molar-refractivity contribution is 6.40. The van der Waals surface area contributed by atoms with E-state index in [1.54, 1.807) is 39.0 Å². The van der Waals surface area contributed by atoms with Crippen molar-refractivity contribution in [2.75, 3.05) is 0 Å². The van der Waals surface area contributed by atoms with Crippen molar-refractivity contribution in [3.63, 3.8) is 0 Å². The summed E-state index contributed by atoms with van der Waals surface area (Å²) < 4.78 is 0. The first-order chi connectivity index (χ1) is 7.73. The molecular weight excluding hydrogens is 259 g/mol. The van der Waals surface area contributed by atoms with Crippen LogP contribution in [0, 0.1) is 5.41 Å². The molecule has 0 aromatic heterocycles. The molecule has 0 radical (unpaired) electrons. The maximum absolute atomic E-state index is 12.0. The first kappa shape index (κ1) is 14.2. The van der Waals surface area contributed by atoms with Gasteiger partial charge in [-0.15, -0.1) is 0 Å². The van der Waals surface area contributed by atoms with Crippen molar-refractivity contribution in [3.05, 3.63) is 33.8 Å². The summed E-state index contributed by atoms with van der Waals surface area (Å²) in [5, 5.41) is 0.563. The summed E-state index contributed by atoms with van der Waals surface area (Å²) in [5.41, 5.74) is -0.308. The third kappa shape index (κ3) is 3.55. The van der Waals surface area contributed by atoms with Gasteiger partial charge in [0.25, 0.3) is 0 Å². The maximum atomic E-state index is 12.0. The summed E-state index contributed by atoms with van der Waals surface area (Å²) in [6.45, 7) is 5.32. The van der Waals surface area contributed by atoms with Crippen molar-refractivity contribution < 1.29 is 9.59 Å². The van der Waals surface area contributed by atoms with Crippen LogP contribution < -0.4 is 0 Å². The van der Waals surface area contributed by atoms with E-state index < -0.39 is 5.41 Å². The zero-order valence-corrected chi connectivity index (χ0v) is 11.5. The van der Waals surface area contributed by atoms with Crippen LogP contribution in [-0.2, 0) is 4.79 Å². The quantitative estimate of drug-likeness (QED) is 0.611. The molecule has 0 saturated heterocycles. The molecule has 0 unspecified atom stereocenters. The van der Waals surface area contributed by atoms with Crippen LogP contribution in [0.4, 0.5) is 0 Å². The molecule has 1 aromatic carbocycles. The molecule has 0 bridgehead atoms. The highest BCUT2D eigenvalue weighted by Gasteiger charge is 2.25. The summed E-state index contributed by atoms with van der Waals surface area (Å²) in [7, 11) is 0. The van der Waals surface area contributed by atoms with E-state index in [0.717, 1.165) is 0 Å². The smallest absolute Gasteiger partial charge is 0.173 e. The molecule has 0 heterocycles.